The van der Waals surface area contributed by atoms with E-state index in [0.29, 0.717) is 26.4 Å². The van der Waals surface area contributed by atoms with Gasteiger partial charge in [-0.25, -0.2) is 0 Å². The van der Waals surface area contributed by atoms with E-state index in [1.165, 1.54) is 22.6 Å². The van der Waals surface area contributed by atoms with Crippen LogP contribution in [0.1, 0.15) is 35.3 Å². The molecule has 1 heterocycles. The van der Waals surface area contributed by atoms with Gasteiger partial charge in [0.2, 0.25) is 0 Å². The van der Waals surface area contributed by atoms with Crippen molar-refractivity contribution in [2.75, 3.05) is 11.9 Å². The first-order chi connectivity index (χ1) is 12.1. The lowest BCUT2D eigenvalue weighted by atomic mass is 10.1. The van der Waals surface area contributed by atoms with Gasteiger partial charge >= 0.3 is 0 Å². The van der Waals surface area contributed by atoms with Crippen LogP contribution in [0.3, 0.4) is 0 Å². The fraction of sp³-hybridized carbons (Fsp3) is 0.333. The zero-order valence-corrected chi connectivity index (χ0v) is 15.7. The molecule has 0 spiro atoms. The summed E-state index contributed by atoms with van der Waals surface area (Å²) in [6.07, 6.45) is 5.28. The molecular formula is C18H16Cl2N2O2S. The summed E-state index contributed by atoms with van der Waals surface area (Å²) < 4.78 is 5.44. The summed E-state index contributed by atoms with van der Waals surface area (Å²) in [5, 5.41) is 13.8. The third kappa shape index (κ3) is 4.27. The molecule has 25 heavy (non-hydrogen) atoms. The van der Waals surface area contributed by atoms with E-state index in [-0.39, 0.29) is 12.5 Å². The minimum Gasteiger partial charge on any atom is -0.482 e. The van der Waals surface area contributed by atoms with Crippen molar-refractivity contribution in [2.45, 2.75) is 32.1 Å². The van der Waals surface area contributed by atoms with E-state index in [1.807, 2.05) is 0 Å². The zero-order valence-electron chi connectivity index (χ0n) is 13.4. The van der Waals surface area contributed by atoms with Crippen LogP contribution in [0.15, 0.2) is 18.2 Å². The third-order valence-electron chi connectivity index (χ3n) is 4.04. The first-order valence-electron chi connectivity index (χ1n) is 8.01. The molecular weight excluding hydrogens is 379 g/mol. The number of fused-ring (bicyclic) bond motifs is 1. The predicted molar refractivity (Wildman–Crippen MR) is 101 cm³/mol. The van der Waals surface area contributed by atoms with Crippen LogP contribution in [-0.4, -0.2) is 12.5 Å². The van der Waals surface area contributed by atoms with Gasteiger partial charge in [0.15, 0.2) is 6.61 Å². The predicted octanol–water partition coefficient (Wildman–Crippen LogP) is 5.21. The number of carbonyl (C=O) groups is 1. The highest BCUT2D eigenvalue weighted by atomic mass is 35.5. The van der Waals surface area contributed by atoms with Crippen LogP contribution in [0.2, 0.25) is 10.0 Å². The number of thiophene rings is 1. The Labute approximate surface area is 160 Å². The van der Waals surface area contributed by atoms with Crippen molar-refractivity contribution in [3.05, 3.63) is 44.2 Å². The Bertz CT molecular complexity index is 842. The van der Waals surface area contributed by atoms with Crippen molar-refractivity contribution >= 4 is 45.4 Å². The van der Waals surface area contributed by atoms with Gasteiger partial charge in [0.1, 0.15) is 16.8 Å². The summed E-state index contributed by atoms with van der Waals surface area (Å²) in [6.45, 7) is -0.186. The van der Waals surface area contributed by atoms with Crippen LogP contribution in [0.25, 0.3) is 0 Å². The molecule has 1 aliphatic rings. The lowest BCUT2D eigenvalue weighted by Crippen LogP contribution is -2.20. The fourth-order valence-corrected chi connectivity index (χ4v) is 4.57. The van der Waals surface area contributed by atoms with Gasteiger partial charge in [0.25, 0.3) is 5.91 Å². The molecule has 1 amide bonds. The average Bonchev–Trinajstić information content (AvgIpc) is 2.74. The van der Waals surface area contributed by atoms with Gasteiger partial charge in [-0.05, 0) is 49.4 Å². The van der Waals surface area contributed by atoms with E-state index in [4.69, 9.17) is 27.9 Å². The van der Waals surface area contributed by atoms with Crippen LogP contribution in [-0.2, 0) is 17.6 Å². The highest BCUT2D eigenvalue weighted by Crippen LogP contribution is 2.37. The van der Waals surface area contributed by atoms with Gasteiger partial charge in [-0.15, -0.1) is 11.3 Å². The molecule has 0 saturated heterocycles. The number of ether oxygens (including phenoxy) is 1. The normalized spacial score (nSPS) is 13.5. The van der Waals surface area contributed by atoms with Gasteiger partial charge < -0.3 is 10.1 Å². The topological polar surface area (TPSA) is 62.1 Å². The Hall–Kier alpha value is -1.74. The van der Waals surface area contributed by atoms with Gasteiger partial charge in [0, 0.05) is 9.90 Å². The quantitative estimate of drug-likeness (QED) is 0.723. The zero-order chi connectivity index (χ0) is 17.8. The summed E-state index contributed by atoms with van der Waals surface area (Å²) in [5.41, 5.74) is 1.70. The van der Waals surface area contributed by atoms with Crippen LogP contribution >= 0.6 is 34.5 Å². The first kappa shape index (κ1) is 18.1. The SMILES string of the molecule is N#Cc1c(NC(=O)COc2ccc(Cl)cc2Cl)sc2c1CCCCC2. The lowest BCUT2D eigenvalue weighted by molar-refractivity contribution is -0.118. The molecule has 4 nitrogen and oxygen atoms in total. The minimum atomic E-state index is -0.320. The second kappa shape index (κ2) is 8.09. The van der Waals surface area contributed by atoms with E-state index in [0.717, 1.165) is 31.2 Å². The number of nitriles is 1. The van der Waals surface area contributed by atoms with Gasteiger partial charge in [-0.2, -0.15) is 5.26 Å². The second-order valence-corrected chi connectivity index (χ2v) is 7.74. The van der Waals surface area contributed by atoms with Crippen LogP contribution < -0.4 is 10.1 Å². The number of halogens is 2. The lowest BCUT2D eigenvalue weighted by Gasteiger charge is -2.08. The van der Waals surface area contributed by atoms with E-state index < -0.39 is 0 Å². The summed E-state index contributed by atoms with van der Waals surface area (Å²) >= 11 is 13.4. The number of rotatable bonds is 4. The van der Waals surface area contributed by atoms with Crippen LogP contribution in [0, 0.1) is 11.3 Å². The van der Waals surface area contributed by atoms with Crippen LogP contribution in [0.5, 0.6) is 5.75 Å². The fourth-order valence-electron chi connectivity index (χ4n) is 2.85. The maximum atomic E-state index is 12.2. The maximum Gasteiger partial charge on any atom is 0.262 e. The minimum absolute atomic E-state index is 0.186. The third-order valence-corrected chi connectivity index (χ3v) is 5.78. The molecule has 2 aromatic rings. The molecule has 0 bridgehead atoms. The van der Waals surface area contributed by atoms with Crippen molar-refractivity contribution in [1.29, 1.82) is 5.26 Å². The molecule has 0 atom stereocenters. The molecule has 0 aliphatic heterocycles. The largest absolute Gasteiger partial charge is 0.482 e. The standard InChI is InChI=1S/C18H16Cl2N2O2S/c19-11-6-7-15(14(20)8-11)24-10-17(23)22-18-13(9-21)12-4-2-1-3-5-16(12)25-18/h6-8H,1-5,10H2,(H,22,23). The van der Waals surface area contributed by atoms with Crippen LogP contribution in [0.4, 0.5) is 5.00 Å². The molecule has 1 N–H and O–H groups in total. The number of hydrogen-bond donors (Lipinski definition) is 1. The number of anilines is 1. The van der Waals surface area contributed by atoms with Crippen molar-refractivity contribution in [1.82, 2.24) is 0 Å². The molecule has 0 saturated carbocycles. The number of benzene rings is 1. The Balaban J connectivity index is 1.68. The van der Waals surface area contributed by atoms with Gasteiger partial charge in [0.05, 0.1) is 10.6 Å². The van der Waals surface area contributed by atoms with Gasteiger partial charge in [-0.3, -0.25) is 4.79 Å². The van der Waals surface area contributed by atoms with Crippen molar-refractivity contribution in [3.63, 3.8) is 0 Å². The Kier molecular flexibility index (Phi) is 5.85. The Morgan fingerprint density at radius 3 is 2.84 bits per heavy atom. The number of carbonyl (C=O) groups excluding carboxylic acids is 1. The molecule has 130 valence electrons. The molecule has 3 rings (SSSR count). The molecule has 1 aromatic carbocycles. The molecule has 0 fully saturated rings. The van der Waals surface area contributed by atoms with Gasteiger partial charge in [-0.1, -0.05) is 29.6 Å². The number of nitrogens with one attached hydrogen (secondary N) is 1. The maximum absolute atomic E-state index is 12.2. The van der Waals surface area contributed by atoms with E-state index in [9.17, 15) is 10.1 Å². The highest BCUT2D eigenvalue weighted by molar-refractivity contribution is 7.16. The Morgan fingerprint density at radius 1 is 1.28 bits per heavy atom. The summed E-state index contributed by atoms with van der Waals surface area (Å²) in [7, 11) is 0. The number of aryl methyl sites for hydroxylation is 1. The second-order valence-electron chi connectivity index (χ2n) is 5.79. The molecule has 7 heteroatoms. The molecule has 0 radical (unpaired) electrons. The number of hydrogen-bond acceptors (Lipinski definition) is 4. The van der Waals surface area contributed by atoms with E-state index in [1.54, 1.807) is 18.2 Å². The smallest absolute Gasteiger partial charge is 0.262 e. The number of nitrogens with zero attached hydrogens (tertiary/aromatic N) is 1. The van der Waals surface area contributed by atoms with Crippen molar-refractivity contribution in [3.8, 4) is 11.8 Å². The first-order valence-corrected chi connectivity index (χ1v) is 9.58. The Morgan fingerprint density at radius 2 is 2.08 bits per heavy atom. The molecule has 0 unspecified atom stereocenters. The van der Waals surface area contributed by atoms with E-state index >= 15 is 0 Å². The van der Waals surface area contributed by atoms with Crippen molar-refractivity contribution in [2.24, 2.45) is 0 Å². The monoisotopic (exact) mass is 394 g/mol. The summed E-state index contributed by atoms with van der Waals surface area (Å²) in [4.78, 5) is 13.4. The highest BCUT2D eigenvalue weighted by Gasteiger charge is 2.21. The van der Waals surface area contributed by atoms with E-state index in [2.05, 4.69) is 11.4 Å². The average molecular weight is 395 g/mol. The van der Waals surface area contributed by atoms with Crippen molar-refractivity contribution < 1.29 is 9.53 Å². The molecule has 1 aliphatic carbocycles. The summed E-state index contributed by atoms with van der Waals surface area (Å²) in [6, 6.07) is 7.06. The number of amides is 1. The summed E-state index contributed by atoms with van der Waals surface area (Å²) in [5.74, 6) is 0.0719. The molecule has 1 aromatic heterocycles.